The van der Waals surface area contributed by atoms with E-state index in [9.17, 15) is 0 Å². The first-order valence-electron chi connectivity index (χ1n) is 6.55. The summed E-state index contributed by atoms with van der Waals surface area (Å²) in [6, 6.07) is 13.5. The summed E-state index contributed by atoms with van der Waals surface area (Å²) >= 11 is 1.92. The standard InChI is InChI=1S/C16H21NS/c1-4-17-15(11-14-8-6-5-7-9-14)16-12(2)10-13(3)18-16/h5-10,15,17H,4,11H2,1-3H3. The van der Waals surface area contributed by atoms with Crippen molar-refractivity contribution >= 4 is 11.3 Å². The molecule has 1 unspecified atom stereocenters. The molecule has 0 spiro atoms. The van der Waals surface area contributed by atoms with E-state index in [-0.39, 0.29) is 0 Å². The molecule has 2 aromatic rings. The number of thiophene rings is 1. The second kappa shape index (κ2) is 6.17. The summed E-state index contributed by atoms with van der Waals surface area (Å²) < 4.78 is 0. The molecule has 0 amide bonds. The quantitative estimate of drug-likeness (QED) is 0.846. The van der Waals surface area contributed by atoms with Crippen LogP contribution in [0.1, 0.15) is 33.8 Å². The first kappa shape index (κ1) is 13.3. The molecule has 1 N–H and O–H groups in total. The maximum absolute atomic E-state index is 3.61. The largest absolute Gasteiger partial charge is 0.309 e. The molecule has 0 aliphatic rings. The Morgan fingerprint density at radius 2 is 1.89 bits per heavy atom. The second-order valence-corrected chi connectivity index (χ2v) is 5.99. The van der Waals surface area contributed by atoms with E-state index in [2.05, 4.69) is 62.5 Å². The van der Waals surface area contributed by atoms with Crippen molar-refractivity contribution in [2.45, 2.75) is 33.2 Å². The normalized spacial score (nSPS) is 12.6. The zero-order chi connectivity index (χ0) is 13.0. The molecular formula is C16H21NS. The molecule has 1 nitrogen and oxygen atoms in total. The van der Waals surface area contributed by atoms with E-state index in [1.807, 2.05) is 11.3 Å². The Hall–Kier alpha value is -1.12. The number of rotatable bonds is 5. The maximum Gasteiger partial charge on any atom is 0.0458 e. The van der Waals surface area contributed by atoms with Gasteiger partial charge in [-0.3, -0.25) is 0 Å². The van der Waals surface area contributed by atoms with E-state index in [4.69, 9.17) is 0 Å². The van der Waals surface area contributed by atoms with Crippen LogP contribution in [0.25, 0.3) is 0 Å². The van der Waals surface area contributed by atoms with Gasteiger partial charge in [0.05, 0.1) is 0 Å². The van der Waals surface area contributed by atoms with Crippen LogP contribution in [-0.2, 0) is 6.42 Å². The number of benzene rings is 1. The Labute approximate surface area is 114 Å². The lowest BCUT2D eigenvalue weighted by Crippen LogP contribution is -2.22. The maximum atomic E-state index is 3.61. The molecule has 1 atom stereocenters. The van der Waals surface area contributed by atoms with Crippen molar-refractivity contribution in [3.8, 4) is 0 Å². The monoisotopic (exact) mass is 259 g/mol. The Morgan fingerprint density at radius 1 is 1.17 bits per heavy atom. The van der Waals surface area contributed by atoms with Crippen molar-refractivity contribution in [3.63, 3.8) is 0 Å². The highest BCUT2D eigenvalue weighted by atomic mass is 32.1. The van der Waals surface area contributed by atoms with E-state index in [1.165, 1.54) is 20.9 Å². The van der Waals surface area contributed by atoms with Gasteiger partial charge in [0.1, 0.15) is 0 Å². The van der Waals surface area contributed by atoms with Gasteiger partial charge in [0.25, 0.3) is 0 Å². The van der Waals surface area contributed by atoms with Crippen molar-refractivity contribution < 1.29 is 0 Å². The molecule has 96 valence electrons. The van der Waals surface area contributed by atoms with E-state index < -0.39 is 0 Å². The molecule has 0 aliphatic heterocycles. The van der Waals surface area contributed by atoms with Crippen LogP contribution in [0, 0.1) is 13.8 Å². The molecule has 0 saturated heterocycles. The molecule has 1 aromatic heterocycles. The number of hydrogen-bond acceptors (Lipinski definition) is 2. The minimum absolute atomic E-state index is 0.441. The summed E-state index contributed by atoms with van der Waals surface area (Å²) in [4.78, 5) is 2.89. The summed E-state index contributed by atoms with van der Waals surface area (Å²) in [6.07, 6.45) is 1.06. The molecule has 1 heterocycles. The zero-order valence-corrected chi connectivity index (χ0v) is 12.2. The van der Waals surface area contributed by atoms with Crippen molar-refractivity contribution in [1.29, 1.82) is 0 Å². The number of hydrogen-bond donors (Lipinski definition) is 1. The van der Waals surface area contributed by atoms with Gasteiger partial charge in [-0.15, -0.1) is 11.3 Å². The van der Waals surface area contributed by atoms with E-state index >= 15 is 0 Å². The predicted molar refractivity (Wildman–Crippen MR) is 80.4 cm³/mol. The van der Waals surface area contributed by atoms with Gasteiger partial charge in [-0.2, -0.15) is 0 Å². The molecule has 1 aromatic carbocycles. The van der Waals surface area contributed by atoms with Crippen LogP contribution in [0.2, 0.25) is 0 Å². The van der Waals surface area contributed by atoms with Crippen molar-refractivity contribution in [2.24, 2.45) is 0 Å². The molecule has 18 heavy (non-hydrogen) atoms. The van der Waals surface area contributed by atoms with Gasteiger partial charge in [-0.05, 0) is 44.0 Å². The highest BCUT2D eigenvalue weighted by Gasteiger charge is 2.15. The summed E-state index contributed by atoms with van der Waals surface area (Å²) in [7, 11) is 0. The van der Waals surface area contributed by atoms with Gasteiger partial charge in [0.2, 0.25) is 0 Å². The highest BCUT2D eigenvalue weighted by Crippen LogP contribution is 2.29. The van der Waals surface area contributed by atoms with Gasteiger partial charge in [-0.25, -0.2) is 0 Å². The number of likely N-dealkylation sites (N-methyl/N-ethyl adjacent to an activating group) is 1. The molecule has 0 radical (unpaired) electrons. The van der Waals surface area contributed by atoms with Gasteiger partial charge in [0, 0.05) is 15.8 Å². The molecule has 2 heteroatoms. The summed E-state index contributed by atoms with van der Waals surface area (Å²) in [6.45, 7) is 7.59. The molecule has 0 bridgehead atoms. The van der Waals surface area contributed by atoms with E-state index in [1.54, 1.807) is 0 Å². The lowest BCUT2D eigenvalue weighted by Gasteiger charge is -2.17. The third kappa shape index (κ3) is 3.21. The van der Waals surface area contributed by atoms with Crippen LogP contribution in [0.5, 0.6) is 0 Å². The number of nitrogens with one attached hydrogen (secondary N) is 1. The molecular weight excluding hydrogens is 238 g/mol. The molecule has 0 fully saturated rings. The SMILES string of the molecule is CCNC(Cc1ccccc1)c1sc(C)cc1C. The summed E-state index contributed by atoms with van der Waals surface area (Å²) in [5, 5.41) is 3.61. The topological polar surface area (TPSA) is 12.0 Å². The fourth-order valence-corrected chi connectivity index (χ4v) is 3.47. The van der Waals surface area contributed by atoms with Crippen LogP contribution in [-0.4, -0.2) is 6.54 Å². The van der Waals surface area contributed by atoms with Gasteiger partial charge < -0.3 is 5.32 Å². The van der Waals surface area contributed by atoms with Crippen molar-refractivity contribution in [1.82, 2.24) is 5.32 Å². The van der Waals surface area contributed by atoms with Crippen molar-refractivity contribution in [2.75, 3.05) is 6.54 Å². The lowest BCUT2D eigenvalue weighted by molar-refractivity contribution is 0.556. The Bertz CT molecular complexity index is 487. The summed E-state index contributed by atoms with van der Waals surface area (Å²) in [5.41, 5.74) is 2.81. The average Bonchev–Trinajstić information content (AvgIpc) is 2.69. The first-order chi connectivity index (χ1) is 8.70. The minimum Gasteiger partial charge on any atom is -0.309 e. The highest BCUT2D eigenvalue weighted by molar-refractivity contribution is 7.12. The Balaban J connectivity index is 2.21. The van der Waals surface area contributed by atoms with Crippen molar-refractivity contribution in [3.05, 3.63) is 57.3 Å². The van der Waals surface area contributed by atoms with Gasteiger partial charge >= 0.3 is 0 Å². The van der Waals surface area contributed by atoms with E-state index in [0.717, 1.165) is 13.0 Å². The Kier molecular flexibility index (Phi) is 4.56. The third-order valence-electron chi connectivity index (χ3n) is 3.13. The second-order valence-electron chi connectivity index (χ2n) is 4.70. The first-order valence-corrected chi connectivity index (χ1v) is 7.36. The Morgan fingerprint density at radius 3 is 2.44 bits per heavy atom. The van der Waals surface area contributed by atoms with Crippen LogP contribution >= 0.6 is 11.3 Å². The predicted octanol–water partition coefficient (Wildman–Crippen LogP) is 4.26. The average molecular weight is 259 g/mol. The third-order valence-corrected chi connectivity index (χ3v) is 4.40. The van der Waals surface area contributed by atoms with Crippen LogP contribution in [0.4, 0.5) is 0 Å². The fraction of sp³-hybridized carbons (Fsp3) is 0.375. The minimum atomic E-state index is 0.441. The van der Waals surface area contributed by atoms with Gasteiger partial charge in [0.15, 0.2) is 0 Å². The van der Waals surface area contributed by atoms with Gasteiger partial charge in [-0.1, -0.05) is 37.3 Å². The lowest BCUT2D eigenvalue weighted by atomic mass is 10.0. The number of aryl methyl sites for hydroxylation is 2. The van der Waals surface area contributed by atoms with E-state index in [0.29, 0.717) is 6.04 Å². The van der Waals surface area contributed by atoms with Crippen LogP contribution in [0.3, 0.4) is 0 Å². The van der Waals surface area contributed by atoms with Crippen LogP contribution in [0.15, 0.2) is 36.4 Å². The molecule has 2 rings (SSSR count). The molecule has 0 saturated carbocycles. The zero-order valence-electron chi connectivity index (χ0n) is 11.4. The summed E-state index contributed by atoms with van der Waals surface area (Å²) in [5.74, 6) is 0. The smallest absolute Gasteiger partial charge is 0.0458 e. The van der Waals surface area contributed by atoms with Crippen LogP contribution < -0.4 is 5.32 Å². The molecule has 0 aliphatic carbocycles. The fourth-order valence-electron chi connectivity index (χ4n) is 2.36.